The highest BCUT2D eigenvalue weighted by Gasteiger charge is 2.37. The number of carbonyl (C=O) groups excluding carboxylic acids is 2. The van der Waals surface area contributed by atoms with Gasteiger partial charge in [0.2, 0.25) is 0 Å². The van der Waals surface area contributed by atoms with Crippen LogP contribution in [0.15, 0.2) is 60.7 Å². The maximum Gasteiger partial charge on any atom is 0.407 e. The second-order valence-electron chi connectivity index (χ2n) is 9.21. The first kappa shape index (κ1) is 23.1. The minimum absolute atomic E-state index is 0.0488. The van der Waals surface area contributed by atoms with Crippen LogP contribution in [0, 0.1) is 5.92 Å². The third-order valence-corrected chi connectivity index (χ3v) is 7.00. The Bertz CT molecular complexity index is 1120. The van der Waals surface area contributed by atoms with Crippen molar-refractivity contribution in [1.29, 1.82) is 0 Å². The summed E-state index contributed by atoms with van der Waals surface area (Å²) in [6, 6.07) is 15.3. The van der Waals surface area contributed by atoms with Crippen LogP contribution in [0.1, 0.15) is 36.3 Å². The van der Waals surface area contributed by atoms with E-state index in [0.717, 1.165) is 22.3 Å². The molecule has 0 bridgehead atoms. The van der Waals surface area contributed by atoms with Crippen LogP contribution >= 0.6 is 0 Å². The number of carboxylic acids is 1. The Labute approximate surface area is 203 Å². The third kappa shape index (κ3) is 4.79. The van der Waals surface area contributed by atoms with Crippen LogP contribution in [0.25, 0.3) is 11.1 Å². The standard InChI is InChI=1S/C27H28N2O6/c30-25(28-17-7-5-6-16(14-17)26(31)32)24-23(12-13-34-24)29-27(33)35-15-22-20-10-3-1-8-18(20)19-9-2-4-11-21(19)22/h1-5,7-11,16-17,22-24H,6,12-15H2,(H,28,30)(H,29,33)(H,31,32)/t16-,17-,23+,24-/m1/s1. The van der Waals surface area contributed by atoms with Gasteiger partial charge in [0, 0.05) is 18.6 Å². The molecule has 1 fully saturated rings. The molecule has 8 nitrogen and oxygen atoms in total. The van der Waals surface area contributed by atoms with Gasteiger partial charge < -0.3 is 25.2 Å². The molecule has 1 aliphatic heterocycles. The summed E-state index contributed by atoms with van der Waals surface area (Å²) in [5.74, 6) is -1.82. The molecule has 8 heteroatoms. The quantitative estimate of drug-likeness (QED) is 0.552. The molecule has 2 aromatic carbocycles. The second kappa shape index (κ2) is 9.92. The van der Waals surface area contributed by atoms with E-state index in [-0.39, 0.29) is 24.5 Å². The van der Waals surface area contributed by atoms with Crippen LogP contribution in [0.4, 0.5) is 4.79 Å². The largest absolute Gasteiger partial charge is 0.481 e. The summed E-state index contributed by atoms with van der Waals surface area (Å²) in [6.45, 7) is 0.526. The molecule has 4 atom stereocenters. The number of hydrogen-bond acceptors (Lipinski definition) is 5. The van der Waals surface area contributed by atoms with Crippen LogP contribution in [0.2, 0.25) is 0 Å². The lowest BCUT2D eigenvalue weighted by Crippen LogP contribution is -2.51. The zero-order valence-corrected chi connectivity index (χ0v) is 19.2. The summed E-state index contributed by atoms with van der Waals surface area (Å²) in [6.07, 6.45) is 3.40. The Morgan fingerprint density at radius 1 is 1.00 bits per heavy atom. The van der Waals surface area contributed by atoms with E-state index in [1.807, 2.05) is 24.3 Å². The van der Waals surface area contributed by atoms with Gasteiger partial charge in [0.15, 0.2) is 6.10 Å². The molecule has 5 rings (SSSR count). The predicted molar refractivity (Wildman–Crippen MR) is 128 cm³/mol. The number of nitrogens with one attached hydrogen (secondary N) is 2. The number of benzene rings is 2. The highest BCUT2D eigenvalue weighted by Crippen LogP contribution is 2.44. The van der Waals surface area contributed by atoms with Crippen LogP contribution in [0.3, 0.4) is 0 Å². The van der Waals surface area contributed by atoms with Crippen molar-refractivity contribution >= 4 is 18.0 Å². The summed E-state index contributed by atoms with van der Waals surface area (Å²) in [4.78, 5) is 36.7. The molecule has 2 aromatic rings. The third-order valence-electron chi connectivity index (χ3n) is 7.00. The van der Waals surface area contributed by atoms with E-state index < -0.39 is 30.1 Å². The van der Waals surface area contributed by atoms with Crippen LogP contribution in [-0.4, -0.2) is 54.5 Å². The van der Waals surface area contributed by atoms with Gasteiger partial charge in [-0.05, 0) is 41.5 Å². The van der Waals surface area contributed by atoms with Crippen molar-refractivity contribution in [2.75, 3.05) is 13.2 Å². The zero-order valence-electron chi connectivity index (χ0n) is 19.2. The SMILES string of the molecule is O=C(N[C@H]1CCO[C@H]1C(=O)N[C@@H]1C=CC[C@@H](C(=O)O)C1)OCC1c2ccccc2-c2ccccc21. The van der Waals surface area contributed by atoms with Crippen molar-refractivity contribution in [2.45, 2.75) is 43.4 Å². The number of alkyl carbamates (subject to hydrolysis) is 1. The molecule has 3 aliphatic rings. The van der Waals surface area contributed by atoms with E-state index >= 15 is 0 Å². The first-order valence-corrected chi connectivity index (χ1v) is 11.9. The number of ether oxygens (including phenoxy) is 2. The summed E-state index contributed by atoms with van der Waals surface area (Å²) in [5.41, 5.74) is 4.56. The first-order chi connectivity index (χ1) is 17.0. The Morgan fingerprint density at radius 3 is 2.37 bits per heavy atom. The number of allylic oxidation sites excluding steroid dienone is 1. The minimum atomic E-state index is -0.875. The second-order valence-corrected chi connectivity index (χ2v) is 9.21. The normalized spacial score (nSPS) is 24.9. The van der Waals surface area contributed by atoms with Crippen LogP contribution in [-0.2, 0) is 19.1 Å². The number of fused-ring (bicyclic) bond motifs is 3. The Hall–Kier alpha value is -3.65. The fourth-order valence-corrected chi connectivity index (χ4v) is 5.25. The van der Waals surface area contributed by atoms with Gasteiger partial charge in [0.05, 0.1) is 12.0 Å². The van der Waals surface area contributed by atoms with Crippen LogP contribution < -0.4 is 10.6 Å². The van der Waals surface area contributed by atoms with Gasteiger partial charge in [-0.2, -0.15) is 0 Å². The molecular formula is C27H28N2O6. The summed E-state index contributed by atoms with van der Waals surface area (Å²) in [7, 11) is 0. The van der Waals surface area contributed by atoms with Gasteiger partial charge in [-0.15, -0.1) is 0 Å². The molecule has 182 valence electrons. The van der Waals surface area contributed by atoms with Crippen molar-refractivity contribution < 1.29 is 29.0 Å². The van der Waals surface area contributed by atoms with E-state index in [9.17, 15) is 19.5 Å². The van der Waals surface area contributed by atoms with Gasteiger partial charge in [-0.1, -0.05) is 60.7 Å². The Morgan fingerprint density at radius 2 is 1.69 bits per heavy atom. The van der Waals surface area contributed by atoms with E-state index in [1.54, 1.807) is 12.2 Å². The van der Waals surface area contributed by atoms with Gasteiger partial charge in [-0.25, -0.2) is 4.79 Å². The summed E-state index contributed by atoms with van der Waals surface area (Å²) >= 11 is 0. The Balaban J connectivity index is 1.17. The van der Waals surface area contributed by atoms with Crippen molar-refractivity contribution in [2.24, 2.45) is 5.92 Å². The maximum absolute atomic E-state index is 12.8. The number of carbonyl (C=O) groups is 3. The van der Waals surface area contributed by atoms with Gasteiger partial charge >= 0.3 is 12.1 Å². The van der Waals surface area contributed by atoms with E-state index in [2.05, 4.69) is 34.9 Å². The van der Waals surface area contributed by atoms with E-state index in [4.69, 9.17) is 9.47 Å². The molecule has 0 spiro atoms. The molecule has 3 N–H and O–H groups in total. The lowest BCUT2D eigenvalue weighted by molar-refractivity contribution is -0.142. The fraction of sp³-hybridized carbons (Fsp3) is 0.370. The van der Waals surface area contributed by atoms with Gasteiger partial charge in [0.1, 0.15) is 6.61 Å². The molecule has 2 aliphatic carbocycles. The number of rotatable bonds is 6. The van der Waals surface area contributed by atoms with Crippen LogP contribution in [0.5, 0.6) is 0 Å². The topological polar surface area (TPSA) is 114 Å². The minimum Gasteiger partial charge on any atom is -0.481 e. The molecule has 2 amide bonds. The van der Waals surface area contributed by atoms with Crippen molar-refractivity contribution in [1.82, 2.24) is 10.6 Å². The molecule has 35 heavy (non-hydrogen) atoms. The lowest BCUT2D eigenvalue weighted by Gasteiger charge is -2.25. The predicted octanol–water partition coefficient (Wildman–Crippen LogP) is 3.22. The monoisotopic (exact) mass is 476 g/mol. The highest BCUT2D eigenvalue weighted by molar-refractivity contribution is 5.83. The summed E-state index contributed by atoms with van der Waals surface area (Å²) < 4.78 is 11.2. The average Bonchev–Trinajstić information content (AvgIpc) is 3.45. The van der Waals surface area contributed by atoms with E-state index in [1.165, 1.54) is 0 Å². The molecule has 0 aromatic heterocycles. The van der Waals surface area contributed by atoms with Crippen molar-refractivity contribution in [3.63, 3.8) is 0 Å². The maximum atomic E-state index is 12.8. The molecule has 0 saturated carbocycles. The smallest absolute Gasteiger partial charge is 0.407 e. The first-order valence-electron chi connectivity index (χ1n) is 11.9. The molecule has 0 radical (unpaired) electrons. The number of aliphatic carboxylic acids is 1. The van der Waals surface area contributed by atoms with Gasteiger partial charge in [-0.3, -0.25) is 9.59 Å². The van der Waals surface area contributed by atoms with Crippen molar-refractivity contribution in [3.05, 3.63) is 71.8 Å². The average molecular weight is 477 g/mol. The Kier molecular flexibility index (Phi) is 6.55. The van der Waals surface area contributed by atoms with E-state index in [0.29, 0.717) is 25.9 Å². The zero-order chi connectivity index (χ0) is 24.4. The fourth-order valence-electron chi connectivity index (χ4n) is 5.25. The van der Waals surface area contributed by atoms with Crippen molar-refractivity contribution in [3.8, 4) is 11.1 Å². The number of carboxylic acid groups (broad SMARTS) is 1. The molecule has 0 unspecified atom stereocenters. The molecule has 1 saturated heterocycles. The summed E-state index contributed by atoms with van der Waals surface area (Å²) in [5, 5.41) is 14.9. The molecular weight excluding hydrogens is 448 g/mol. The van der Waals surface area contributed by atoms with Gasteiger partial charge in [0.25, 0.3) is 5.91 Å². The lowest BCUT2D eigenvalue weighted by atomic mass is 9.91. The number of amides is 2. The number of hydrogen-bond donors (Lipinski definition) is 3. The molecule has 1 heterocycles. The highest BCUT2D eigenvalue weighted by atomic mass is 16.6.